The molecular formula is C17H24N2O2. The average molecular weight is 288 g/mol. The number of benzene rings is 1. The first-order chi connectivity index (χ1) is 10.1. The highest BCUT2D eigenvalue weighted by Crippen LogP contribution is 2.23. The zero-order valence-corrected chi connectivity index (χ0v) is 12.8. The van der Waals surface area contributed by atoms with Crippen molar-refractivity contribution >= 4 is 11.8 Å². The van der Waals surface area contributed by atoms with Gasteiger partial charge in [-0.15, -0.1) is 0 Å². The van der Waals surface area contributed by atoms with Gasteiger partial charge in [0.1, 0.15) is 0 Å². The monoisotopic (exact) mass is 288 g/mol. The van der Waals surface area contributed by atoms with Crippen LogP contribution in [0.3, 0.4) is 0 Å². The van der Waals surface area contributed by atoms with Gasteiger partial charge in [0.2, 0.25) is 0 Å². The van der Waals surface area contributed by atoms with Crippen LogP contribution in [0.4, 0.5) is 0 Å². The molecule has 1 aliphatic rings. The van der Waals surface area contributed by atoms with Crippen molar-refractivity contribution in [2.75, 3.05) is 0 Å². The normalized spacial score (nSPS) is 21.6. The molecular weight excluding hydrogens is 264 g/mol. The van der Waals surface area contributed by atoms with Crippen LogP contribution in [-0.4, -0.2) is 17.9 Å². The molecule has 1 aromatic carbocycles. The summed E-state index contributed by atoms with van der Waals surface area (Å²) in [5.41, 5.74) is 2.14. The maximum Gasteiger partial charge on any atom is 0.309 e. The Kier molecular flexibility index (Phi) is 5.37. The van der Waals surface area contributed by atoms with E-state index in [2.05, 4.69) is 17.6 Å². The van der Waals surface area contributed by atoms with Gasteiger partial charge in [0, 0.05) is 12.6 Å². The van der Waals surface area contributed by atoms with Gasteiger partial charge in [0.15, 0.2) is 0 Å². The molecule has 4 nitrogen and oxygen atoms in total. The lowest BCUT2D eigenvalue weighted by Gasteiger charge is -2.26. The molecule has 0 aromatic heterocycles. The van der Waals surface area contributed by atoms with E-state index in [4.69, 9.17) is 0 Å². The molecule has 0 heterocycles. The number of hydrogen-bond acceptors (Lipinski definition) is 2. The fourth-order valence-electron chi connectivity index (χ4n) is 2.72. The van der Waals surface area contributed by atoms with Crippen LogP contribution >= 0.6 is 0 Å². The first-order valence-electron chi connectivity index (χ1n) is 7.69. The van der Waals surface area contributed by atoms with Crippen molar-refractivity contribution < 1.29 is 9.59 Å². The van der Waals surface area contributed by atoms with Crippen LogP contribution in [0.2, 0.25) is 0 Å². The molecule has 0 radical (unpaired) electrons. The highest BCUT2D eigenvalue weighted by Gasteiger charge is 2.22. The molecule has 2 N–H and O–H groups in total. The molecule has 1 fully saturated rings. The molecule has 0 spiro atoms. The van der Waals surface area contributed by atoms with E-state index < -0.39 is 11.8 Å². The van der Waals surface area contributed by atoms with Crippen LogP contribution in [0.25, 0.3) is 0 Å². The zero-order chi connectivity index (χ0) is 15.2. The van der Waals surface area contributed by atoms with Crippen molar-refractivity contribution in [3.63, 3.8) is 0 Å². The van der Waals surface area contributed by atoms with Gasteiger partial charge in [-0.3, -0.25) is 9.59 Å². The lowest BCUT2D eigenvalue weighted by molar-refractivity contribution is -0.139. The number of aryl methyl sites for hydroxylation is 1. The standard InChI is InChI=1S/C17H24N2O2/c1-12-7-9-15(10-8-12)19-17(21)16(20)18-11-14-6-4-3-5-13(14)2/h3-6,12,15H,7-11H2,1-2H3,(H,18,20)(H,19,21). The van der Waals surface area contributed by atoms with E-state index in [0.717, 1.165) is 42.7 Å². The highest BCUT2D eigenvalue weighted by atomic mass is 16.2. The number of carbonyl (C=O) groups excluding carboxylic acids is 2. The fraction of sp³-hybridized carbons (Fsp3) is 0.529. The van der Waals surface area contributed by atoms with Crippen molar-refractivity contribution in [3.8, 4) is 0 Å². The van der Waals surface area contributed by atoms with E-state index in [9.17, 15) is 9.59 Å². The molecule has 0 aliphatic heterocycles. The molecule has 21 heavy (non-hydrogen) atoms. The predicted molar refractivity (Wildman–Crippen MR) is 82.6 cm³/mol. The maximum atomic E-state index is 11.9. The SMILES string of the molecule is Cc1ccccc1CNC(=O)C(=O)NC1CCC(C)CC1. The number of rotatable bonds is 3. The fourth-order valence-corrected chi connectivity index (χ4v) is 2.72. The lowest BCUT2D eigenvalue weighted by Crippen LogP contribution is -2.45. The predicted octanol–water partition coefficient (Wildman–Crippen LogP) is 2.31. The van der Waals surface area contributed by atoms with Crippen molar-refractivity contribution in [2.45, 2.75) is 52.1 Å². The Morgan fingerprint density at radius 2 is 1.76 bits per heavy atom. The number of carbonyl (C=O) groups is 2. The maximum absolute atomic E-state index is 11.9. The molecule has 4 heteroatoms. The molecule has 1 aromatic rings. The molecule has 0 atom stereocenters. The first-order valence-corrected chi connectivity index (χ1v) is 7.69. The molecule has 2 amide bonds. The largest absolute Gasteiger partial charge is 0.345 e. The highest BCUT2D eigenvalue weighted by molar-refractivity contribution is 6.35. The third-order valence-electron chi connectivity index (χ3n) is 4.26. The van der Waals surface area contributed by atoms with Gasteiger partial charge < -0.3 is 10.6 Å². The summed E-state index contributed by atoms with van der Waals surface area (Å²) >= 11 is 0. The van der Waals surface area contributed by atoms with Crippen molar-refractivity contribution in [3.05, 3.63) is 35.4 Å². The van der Waals surface area contributed by atoms with Crippen molar-refractivity contribution in [1.82, 2.24) is 10.6 Å². The van der Waals surface area contributed by atoms with Crippen LogP contribution in [0.1, 0.15) is 43.7 Å². The van der Waals surface area contributed by atoms with Gasteiger partial charge in [-0.2, -0.15) is 0 Å². The number of hydrogen-bond donors (Lipinski definition) is 2. The molecule has 0 bridgehead atoms. The van der Waals surface area contributed by atoms with Crippen LogP contribution < -0.4 is 10.6 Å². The quantitative estimate of drug-likeness (QED) is 0.839. The zero-order valence-electron chi connectivity index (χ0n) is 12.8. The van der Waals surface area contributed by atoms with Gasteiger partial charge in [-0.1, -0.05) is 31.2 Å². The third kappa shape index (κ3) is 4.59. The molecule has 0 saturated heterocycles. The van der Waals surface area contributed by atoms with Crippen LogP contribution in [0.5, 0.6) is 0 Å². The number of amides is 2. The van der Waals surface area contributed by atoms with E-state index in [-0.39, 0.29) is 6.04 Å². The molecule has 2 rings (SSSR count). The van der Waals surface area contributed by atoms with E-state index >= 15 is 0 Å². The summed E-state index contributed by atoms with van der Waals surface area (Å²) in [7, 11) is 0. The minimum absolute atomic E-state index is 0.151. The summed E-state index contributed by atoms with van der Waals surface area (Å²) in [6.45, 7) is 4.61. The molecule has 0 unspecified atom stereocenters. The molecule has 114 valence electrons. The topological polar surface area (TPSA) is 58.2 Å². The second-order valence-corrected chi connectivity index (χ2v) is 6.04. The van der Waals surface area contributed by atoms with E-state index in [1.54, 1.807) is 0 Å². The molecule has 1 saturated carbocycles. The van der Waals surface area contributed by atoms with Crippen molar-refractivity contribution in [1.29, 1.82) is 0 Å². The van der Waals surface area contributed by atoms with Crippen LogP contribution in [-0.2, 0) is 16.1 Å². The van der Waals surface area contributed by atoms with E-state index in [0.29, 0.717) is 6.54 Å². The second-order valence-electron chi connectivity index (χ2n) is 6.04. The summed E-state index contributed by atoms with van der Waals surface area (Å²) in [5.74, 6) is -0.326. The van der Waals surface area contributed by atoms with Crippen LogP contribution in [0, 0.1) is 12.8 Å². The van der Waals surface area contributed by atoms with Gasteiger partial charge >= 0.3 is 11.8 Å². The Hall–Kier alpha value is -1.84. The van der Waals surface area contributed by atoms with Gasteiger partial charge in [0.25, 0.3) is 0 Å². The Morgan fingerprint density at radius 3 is 2.43 bits per heavy atom. The van der Waals surface area contributed by atoms with E-state index in [1.165, 1.54) is 0 Å². The first kappa shape index (κ1) is 15.5. The third-order valence-corrected chi connectivity index (χ3v) is 4.26. The summed E-state index contributed by atoms with van der Waals surface area (Å²) in [6, 6.07) is 7.98. The summed E-state index contributed by atoms with van der Waals surface area (Å²) < 4.78 is 0. The Labute approximate surface area is 126 Å². The van der Waals surface area contributed by atoms with Crippen molar-refractivity contribution in [2.24, 2.45) is 5.92 Å². The molecule has 1 aliphatic carbocycles. The summed E-state index contributed by atoms with van der Waals surface area (Å²) in [6.07, 6.45) is 4.18. The average Bonchev–Trinajstić information content (AvgIpc) is 2.48. The summed E-state index contributed by atoms with van der Waals surface area (Å²) in [4.78, 5) is 23.7. The van der Waals surface area contributed by atoms with Crippen LogP contribution in [0.15, 0.2) is 24.3 Å². The lowest BCUT2D eigenvalue weighted by atomic mass is 9.87. The Bertz CT molecular complexity index is 505. The smallest absolute Gasteiger partial charge is 0.309 e. The van der Waals surface area contributed by atoms with Gasteiger partial charge in [-0.25, -0.2) is 0 Å². The minimum Gasteiger partial charge on any atom is -0.345 e. The van der Waals surface area contributed by atoms with Gasteiger partial charge in [0.05, 0.1) is 0 Å². The van der Waals surface area contributed by atoms with E-state index in [1.807, 2.05) is 31.2 Å². The number of nitrogens with one attached hydrogen (secondary N) is 2. The van der Waals surface area contributed by atoms with Gasteiger partial charge in [-0.05, 0) is 49.7 Å². The Morgan fingerprint density at radius 1 is 1.10 bits per heavy atom. The summed E-state index contributed by atoms with van der Waals surface area (Å²) in [5, 5.41) is 5.53. The minimum atomic E-state index is -0.545. The second kappa shape index (κ2) is 7.25. The Balaban J connectivity index is 1.78.